The van der Waals surface area contributed by atoms with E-state index in [1.165, 1.54) is 42.2 Å². The number of carbonyl (C=O) groups is 3. The summed E-state index contributed by atoms with van der Waals surface area (Å²) in [5.74, 6) is -1.77. The van der Waals surface area contributed by atoms with Crippen LogP contribution in [-0.2, 0) is 20.9 Å². The standard InChI is InChI=1S/C20H23FN2O4S/c1-11-13(3)28-18(22-14(4)24)17(11)20(26)27-12(2)19(25)23(5)10-15-7-6-8-16(21)9-15/h6-9,12H,10H2,1-5H3,(H,22,24)/t12-/m1/s1. The molecule has 0 aliphatic heterocycles. The summed E-state index contributed by atoms with van der Waals surface area (Å²) in [5.41, 5.74) is 1.59. The fraction of sp³-hybridized carbons (Fsp3) is 0.350. The second kappa shape index (κ2) is 8.97. The highest BCUT2D eigenvalue weighted by Gasteiger charge is 2.27. The van der Waals surface area contributed by atoms with Crippen molar-refractivity contribution in [2.45, 2.75) is 40.3 Å². The summed E-state index contributed by atoms with van der Waals surface area (Å²) < 4.78 is 18.7. The lowest BCUT2D eigenvalue weighted by Crippen LogP contribution is -2.37. The van der Waals surface area contributed by atoms with Crippen LogP contribution in [0.3, 0.4) is 0 Å². The molecular formula is C20H23FN2O4S. The lowest BCUT2D eigenvalue weighted by Gasteiger charge is -2.22. The monoisotopic (exact) mass is 406 g/mol. The van der Waals surface area contributed by atoms with Crippen LogP contribution in [0.2, 0.25) is 0 Å². The molecule has 2 rings (SSSR count). The average Bonchev–Trinajstić information content (AvgIpc) is 2.87. The molecule has 1 N–H and O–H groups in total. The zero-order chi connectivity index (χ0) is 21.0. The number of carbonyl (C=O) groups excluding carboxylic acids is 3. The minimum absolute atomic E-state index is 0.187. The first-order valence-corrected chi connectivity index (χ1v) is 9.49. The predicted molar refractivity (Wildman–Crippen MR) is 106 cm³/mol. The third kappa shape index (κ3) is 5.16. The van der Waals surface area contributed by atoms with Gasteiger partial charge >= 0.3 is 5.97 Å². The Hall–Kier alpha value is -2.74. The molecule has 0 saturated heterocycles. The molecular weight excluding hydrogens is 383 g/mol. The number of halogens is 1. The molecule has 0 bridgehead atoms. The quantitative estimate of drug-likeness (QED) is 0.743. The van der Waals surface area contributed by atoms with Gasteiger partial charge in [0.15, 0.2) is 6.10 Å². The Labute approximate surface area is 167 Å². The molecule has 0 radical (unpaired) electrons. The Morgan fingerprint density at radius 2 is 1.96 bits per heavy atom. The number of aryl methyl sites for hydroxylation is 1. The van der Waals surface area contributed by atoms with E-state index in [0.29, 0.717) is 16.1 Å². The second-order valence-corrected chi connectivity index (χ2v) is 7.77. The van der Waals surface area contributed by atoms with E-state index in [1.807, 2.05) is 6.92 Å². The number of hydrogen-bond acceptors (Lipinski definition) is 5. The summed E-state index contributed by atoms with van der Waals surface area (Å²) in [7, 11) is 1.56. The summed E-state index contributed by atoms with van der Waals surface area (Å²) >= 11 is 1.28. The van der Waals surface area contributed by atoms with Crippen LogP contribution in [0.4, 0.5) is 9.39 Å². The van der Waals surface area contributed by atoms with Crippen LogP contribution in [-0.4, -0.2) is 35.8 Å². The number of nitrogens with one attached hydrogen (secondary N) is 1. The van der Waals surface area contributed by atoms with Gasteiger partial charge in [0.1, 0.15) is 10.8 Å². The number of amides is 2. The van der Waals surface area contributed by atoms with Crippen molar-refractivity contribution in [3.63, 3.8) is 0 Å². The number of ether oxygens (including phenoxy) is 1. The minimum Gasteiger partial charge on any atom is -0.449 e. The van der Waals surface area contributed by atoms with Crippen molar-refractivity contribution in [1.82, 2.24) is 4.90 Å². The Kier molecular flexibility index (Phi) is 6.90. The van der Waals surface area contributed by atoms with Crippen molar-refractivity contribution in [2.75, 3.05) is 12.4 Å². The van der Waals surface area contributed by atoms with Crippen LogP contribution in [0, 0.1) is 19.7 Å². The fourth-order valence-electron chi connectivity index (χ4n) is 2.69. The van der Waals surface area contributed by atoms with Gasteiger partial charge in [0.05, 0.1) is 5.56 Å². The van der Waals surface area contributed by atoms with Crippen molar-refractivity contribution in [1.29, 1.82) is 0 Å². The molecule has 0 fully saturated rings. The molecule has 2 aromatic rings. The molecule has 1 aromatic heterocycles. The van der Waals surface area contributed by atoms with Crippen molar-refractivity contribution in [3.05, 3.63) is 51.7 Å². The van der Waals surface area contributed by atoms with E-state index in [2.05, 4.69) is 5.32 Å². The van der Waals surface area contributed by atoms with Crippen LogP contribution in [0.25, 0.3) is 0 Å². The topological polar surface area (TPSA) is 75.7 Å². The van der Waals surface area contributed by atoms with Crippen molar-refractivity contribution in [3.8, 4) is 0 Å². The predicted octanol–water partition coefficient (Wildman–Crippen LogP) is 3.67. The maximum Gasteiger partial charge on any atom is 0.342 e. The third-order valence-electron chi connectivity index (χ3n) is 4.20. The molecule has 0 aliphatic rings. The number of benzene rings is 1. The molecule has 8 heteroatoms. The van der Waals surface area contributed by atoms with Crippen molar-refractivity contribution >= 4 is 34.1 Å². The molecule has 1 aromatic carbocycles. The van der Waals surface area contributed by atoms with Crippen LogP contribution in [0.5, 0.6) is 0 Å². The first-order chi connectivity index (χ1) is 13.1. The van der Waals surface area contributed by atoms with E-state index >= 15 is 0 Å². The number of thiophene rings is 1. The summed E-state index contributed by atoms with van der Waals surface area (Å²) in [5, 5.41) is 3.03. The van der Waals surface area contributed by atoms with Gasteiger partial charge in [-0.05, 0) is 44.0 Å². The van der Waals surface area contributed by atoms with Crippen LogP contribution >= 0.6 is 11.3 Å². The summed E-state index contributed by atoms with van der Waals surface area (Å²) in [4.78, 5) is 38.8. The molecule has 150 valence electrons. The lowest BCUT2D eigenvalue weighted by atomic mass is 10.1. The average molecular weight is 406 g/mol. The Morgan fingerprint density at radius 1 is 1.29 bits per heavy atom. The van der Waals surface area contributed by atoms with E-state index in [9.17, 15) is 18.8 Å². The van der Waals surface area contributed by atoms with Gasteiger partial charge in [0.25, 0.3) is 5.91 Å². The van der Waals surface area contributed by atoms with Crippen LogP contribution in [0.15, 0.2) is 24.3 Å². The SMILES string of the molecule is CC(=O)Nc1sc(C)c(C)c1C(=O)O[C@H](C)C(=O)N(C)Cc1cccc(F)c1. The van der Waals surface area contributed by atoms with Gasteiger partial charge in [0.2, 0.25) is 5.91 Å². The van der Waals surface area contributed by atoms with Crippen molar-refractivity contribution < 1.29 is 23.5 Å². The number of anilines is 1. The fourth-order valence-corrected chi connectivity index (χ4v) is 3.78. The molecule has 0 saturated carbocycles. The molecule has 0 unspecified atom stereocenters. The zero-order valence-corrected chi connectivity index (χ0v) is 17.3. The first kappa shape index (κ1) is 21.6. The van der Waals surface area contributed by atoms with Gasteiger partial charge in [0, 0.05) is 25.4 Å². The number of nitrogens with zero attached hydrogens (tertiary/aromatic N) is 1. The molecule has 6 nitrogen and oxygen atoms in total. The van der Waals surface area contributed by atoms with E-state index in [0.717, 1.165) is 4.88 Å². The number of rotatable bonds is 6. The van der Waals surface area contributed by atoms with Gasteiger partial charge in [-0.15, -0.1) is 11.3 Å². The first-order valence-electron chi connectivity index (χ1n) is 8.68. The zero-order valence-electron chi connectivity index (χ0n) is 16.5. The lowest BCUT2D eigenvalue weighted by molar-refractivity contribution is -0.139. The highest BCUT2D eigenvalue weighted by molar-refractivity contribution is 7.16. The summed E-state index contributed by atoms with van der Waals surface area (Å²) in [6.45, 7) is 6.62. The summed E-state index contributed by atoms with van der Waals surface area (Å²) in [6.07, 6.45) is -1.03. The van der Waals surface area contributed by atoms with E-state index in [4.69, 9.17) is 4.74 Å². The second-order valence-electron chi connectivity index (χ2n) is 6.54. The normalized spacial score (nSPS) is 11.6. The molecule has 0 aliphatic carbocycles. The van der Waals surface area contributed by atoms with Gasteiger partial charge in [-0.3, -0.25) is 9.59 Å². The van der Waals surface area contributed by atoms with E-state index in [-0.39, 0.29) is 23.8 Å². The smallest absolute Gasteiger partial charge is 0.342 e. The number of likely N-dealkylation sites (N-methyl/N-ethyl adjacent to an activating group) is 1. The molecule has 1 atom stereocenters. The maximum absolute atomic E-state index is 13.3. The molecule has 2 amide bonds. The van der Waals surface area contributed by atoms with E-state index in [1.54, 1.807) is 26.1 Å². The molecule has 1 heterocycles. The minimum atomic E-state index is -1.03. The van der Waals surface area contributed by atoms with Crippen molar-refractivity contribution in [2.24, 2.45) is 0 Å². The van der Waals surface area contributed by atoms with Crippen LogP contribution in [0.1, 0.15) is 40.2 Å². The van der Waals surface area contributed by atoms with Gasteiger partial charge < -0.3 is 15.0 Å². The van der Waals surface area contributed by atoms with Gasteiger partial charge in [-0.2, -0.15) is 0 Å². The Bertz CT molecular complexity index is 910. The number of hydrogen-bond donors (Lipinski definition) is 1. The van der Waals surface area contributed by atoms with E-state index < -0.39 is 18.0 Å². The third-order valence-corrected chi connectivity index (χ3v) is 5.32. The Balaban J connectivity index is 2.09. The molecule has 28 heavy (non-hydrogen) atoms. The van der Waals surface area contributed by atoms with Gasteiger partial charge in [-0.25, -0.2) is 9.18 Å². The van der Waals surface area contributed by atoms with Crippen LogP contribution < -0.4 is 5.32 Å². The highest BCUT2D eigenvalue weighted by atomic mass is 32.1. The number of esters is 1. The Morgan fingerprint density at radius 3 is 2.57 bits per heavy atom. The maximum atomic E-state index is 13.3. The highest BCUT2D eigenvalue weighted by Crippen LogP contribution is 2.33. The summed E-state index contributed by atoms with van der Waals surface area (Å²) in [6, 6.07) is 5.95. The van der Waals surface area contributed by atoms with Gasteiger partial charge in [-0.1, -0.05) is 12.1 Å². The largest absolute Gasteiger partial charge is 0.449 e. The molecule has 0 spiro atoms.